The van der Waals surface area contributed by atoms with Gasteiger partial charge in [-0.15, -0.1) is 0 Å². The molecule has 2 fully saturated rings. The van der Waals surface area contributed by atoms with Crippen molar-refractivity contribution in [2.75, 3.05) is 0 Å². The third-order valence-electron chi connectivity index (χ3n) is 6.62. The molecule has 3 aliphatic carbocycles. The Morgan fingerprint density at radius 2 is 2.13 bits per heavy atom. The van der Waals surface area contributed by atoms with E-state index < -0.39 is 0 Å². The van der Waals surface area contributed by atoms with Gasteiger partial charge in [0.1, 0.15) is 6.10 Å². The molecule has 23 heavy (non-hydrogen) atoms. The maximum absolute atomic E-state index is 11.5. The van der Waals surface area contributed by atoms with Crippen LogP contribution >= 0.6 is 15.9 Å². The quantitative estimate of drug-likeness (QED) is 0.539. The first-order chi connectivity index (χ1) is 11.0. The zero-order valence-electron chi connectivity index (χ0n) is 14.4. The van der Waals surface area contributed by atoms with E-state index in [0.717, 1.165) is 24.7 Å². The smallest absolute Gasteiger partial charge is 0.302 e. The van der Waals surface area contributed by atoms with Crippen LogP contribution in [0.25, 0.3) is 0 Å². The van der Waals surface area contributed by atoms with Crippen molar-refractivity contribution in [3.8, 4) is 0 Å². The summed E-state index contributed by atoms with van der Waals surface area (Å²) < 4.78 is 7.03. The number of carbonyl (C=O) groups excluding carboxylic acids is 1. The van der Waals surface area contributed by atoms with Gasteiger partial charge in [-0.2, -0.15) is 0 Å². The molecule has 5 unspecified atom stereocenters. The minimum Gasteiger partial charge on any atom is -0.462 e. The number of rotatable bonds is 1. The van der Waals surface area contributed by atoms with Crippen LogP contribution in [0.4, 0.5) is 0 Å². The summed E-state index contributed by atoms with van der Waals surface area (Å²) in [5, 5.41) is 0. The zero-order chi connectivity index (χ0) is 16.4. The highest BCUT2D eigenvalue weighted by atomic mass is 79.9. The summed E-state index contributed by atoms with van der Waals surface area (Å²) in [5.74, 6) is 2.20. The number of esters is 1. The van der Waals surface area contributed by atoms with Crippen molar-refractivity contribution in [1.82, 2.24) is 0 Å². The topological polar surface area (TPSA) is 26.3 Å². The van der Waals surface area contributed by atoms with Gasteiger partial charge in [-0.05, 0) is 73.6 Å². The predicted octanol–water partition coefficient (Wildman–Crippen LogP) is 5.77. The minimum atomic E-state index is -0.111. The van der Waals surface area contributed by atoms with Gasteiger partial charge in [-0.25, -0.2) is 0 Å². The molecule has 5 atom stereocenters. The molecule has 0 saturated heterocycles. The Bertz CT molecular complexity index is 510. The molecule has 0 spiro atoms. The Morgan fingerprint density at radius 3 is 2.91 bits per heavy atom. The summed E-state index contributed by atoms with van der Waals surface area (Å²) in [6.45, 7) is 3.94. The molecule has 128 valence electrons. The lowest BCUT2D eigenvalue weighted by molar-refractivity contribution is -0.155. The molecule has 0 amide bonds. The van der Waals surface area contributed by atoms with E-state index in [0.29, 0.717) is 5.92 Å². The second-order valence-electron chi connectivity index (χ2n) is 7.92. The largest absolute Gasteiger partial charge is 0.462 e. The highest BCUT2D eigenvalue weighted by Gasteiger charge is 2.54. The zero-order valence-corrected chi connectivity index (χ0v) is 16.0. The fraction of sp³-hybridized carbons (Fsp3) is 0.750. The van der Waals surface area contributed by atoms with Gasteiger partial charge in [0.05, 0.1) is 0 Å². The van der Waals surface area contributed by atoms with Crippen LogP contribution in [0.2, 0.25) is 0 Å². The Labute approximate surface area is 148 Å². The molecule has 0 aromatic heterocycles. The van der Waals surface area contributed by atoms with Crippen molar-refractivity contribution in [2.45, 2.75) is 71.3 Å². The average Bonchev–Trinajstić information content (AvgIpc) is 2.82. The first-order valence-corrected chi connectivity index (χ1v) is 9.98. The number of allylic oxidation sites excluding steroid dienone is 4. The molecule has 2 nitrogen and oxygen atoms in total. The van der Waals surface area contributed by atoms with Gasteiger partial charge in [0, 0.05) is 12.3 Å². The third-order valence-corrected chi connectivity index (χ3v) is 7.28. The Morgan fingerprint density at radius 1 is 1.30 bits per heavy atom. The molecule has 0 aromatic rings. The second kappa shape index (κ2) is 7.13. The summed E-state index contributed by atoms with van der Waals surface area (Å²) in [7, 11) is 0. The lowest BCUT2D eigenvalue weighted by Crippen LogP contribution is -2.44. The molecule has 0 N–H and O–H groups in total. The molecule has 0 radical (unpaired) electrons. The van der Waals surface area contributed by atoms with E-state index in [-0.39, 0.29) is 17.5 Å². The Balaban J connectivity index is 1.79. The summed E-state index contributed by atoms with van der Waals surface area (Å²) in [6, 6.07) is 0. The Kier molecular flexibility index (Phi) is 5.35. The predicted molar refractivity (Wildman–Crippen MR) is 97.2 cm³/mol. The van der Waals surface area contributed by atoms with Gasteiger partial charge in [0.25, 0.3) is 0 Å². The maximum atomic E-state index is 11.5. The SMILES string of the molecule is CC(=O)OC1CCC2C3CC=CC=C(Br)CCCC3CCC12C. The molecule has 0 aromatic carbocycles. The molecule has 3 rings (SSSR count). The van der Waals surface area contributed by atoms with Gasteiger partial charge in [0.15, 0.2) is 0 Å². The fourth-order valence-corrected chi connectivity index (χ4v) is 5.88. The Hall–Kier alpha value is -0.570. The molecule has 2 saturated carbocycles. The molecular formula is C20H29BrO2. The van der Waals surface area contributed by atoms with Crippen LogP contribution in [0.3, 0.4) is 0 Å². The summed E-state index contributed by atoms with van der Waals surface area (Å²) in [4.78, 5) is 11.5. The summed E-state index contributed by atoms with van der Waals surface area (Å²) in [5.41, 5.74) is 0.196. The van der Waals surface area contributed by atoms with Gasteiger partial charge >= 0.3 is 5.97 Å². The molecule has 0 bridgehead atoms. The van der Waals surface area contributed by atoms with Crippen LogP contribution in [0.15, 0.2) is 22.7 Å². The first-order valence-electron chi connectivity index (χ1n) is 9.19. The standard InChI is InChI=1S/C20H29BrO2/c1-14(22)23-19-11-10-18-17-9-4-3-7-16(21)8-5-6-15(17)12-13-20(18,19)2/h3-4,7,15,17-19H,5-6,8-13H2,1-2H3. The number of hydrogen-bond donors (Lipinski definition) is 0. The van der Waals surface area contributed by atoms with Crippen LogP contribution in [-0.4, -0.2) is 12.1 Å². The molecule has 0 aliphatic heterocycles. The van der Waals surface area contributed by atoms with Crippen LogP contribution in [0.1, 0.15) is 65.2 Å². The molecule has 3 heteroatoms. The molecule has 3 aliphatic rings. The van der Waals surface area contributed by atoms with Crippen LogP contribution in [0.5, 0.6) is 0 Å². The number of halogens is 1. The fourth-order valence-electron chi connectivity index (χ4n) is 5.45. The van der Waals surface area contributed by atoms with Crippen molar-refractivity contribution < 1.29 is 9.53 Å². The molecular weight excluding hydrogens is 352 g/mol. The van der Waals surface area contributed by atoms with Crippen molar-refractivity contribution in [3.05, 3.63) is 22.7 Å². The van der Waals surface area contributed by atoms with Crippen molar-refractivity contribution in [1.29, 1.82) is 0 Å². The average molecular weight is 381 g/mol. The number of fused-ring (bicyclic) bond motifs is 3. The van der Waals surface area contributed by atoms with Gasteiger partial charge < -0.3 is 4.74 Å². The van der Waals surface area contributed by atoms with E-state index in [9.17, 15) is 4.79 Å². The second-order valence-corrected chi connectivity index (χ2v) is 8.94. The third kappa shape index (κ3) is 3.60. The number of hydrogen-bond acceptors (Lipinski definition) is 2. The van der Waals surface area contributed by atoms with Crippen molar-refractivity contribution >= 4 is 21.9 Å². The van der Waals surface area contributed by atoms with E-state index in [4.69, 9.17) is 4.74 Å². The monoisotopic (exact) mass is 380 g/mol. The van der Waals surface area contributed by atoms with Gasteiger partial charge in [-0.1, -0.05) is 41.1 Å². The van der Waals surface area contributed by atoms with Gasteiger partial charge in [-0.3, -0.25) is 4.79 Å². The van der Waals surface area contributed by atoms with Crippen molar-refractivity contribution in [2.24, 2.45) is 23.2 Å². The minimum absolute atomic E-state index is 0.111. The molecule has 0 heterocycles. The highest BCUT2D eigenvalue weighted by Crippen LogP contribution is 2.58. The summed E-state index contributed by atoms with van der Waals surface area (Å²) in [6.07, 6.45) is 16.7. The first kappa shape index (κ1) is 17.3. The van der Waals surface area contributed by atoms with Crippen molar-refractivity contribution in [3.63, 3.8) is 0 Å². The van der Waals surface area contributed by atoms with E-state index >= 15 is 0 Å². The number of carbonyl (C=O) groups is 1. The maximum Gasteiger partial charge on any atom is 0.302 e. The van der Waals surface area contributed by atoms with E-state index in [1.165, 1.54) is 43.0 Å². The van der Waals surface area contributed by atoms with E-state index in [1.807, 2.05) is 0 Å². The lowest BCUT2D eigenvalue weighted by atomic mass is 9.58. The van der Waals surface area contributed by atoms with Crippen LogP contribution < -0.4 is 0 Å². The van der Waals surface area contributed by atoms with E-state index in [2.05, 4.69) is 41.1 Å². The summed E-state index contributed by atoms with van der Waals surface area (Å²) >= 11 is 3.67. The van der Waals surface area contributed by atoms with Gasteiger partial charge in [0.2, 0.25) is 0 Å². The lowest BCUT2D eigenvalue weighted by Gasteiger charge is -2.48. The number of ether oxygens (including phenoxy) is 1. The van der Waals surface area contributed by atoms with Crippen LogP contribution in [-0.2, 0) is 9.53 Å². The van der Waals surface area contributed by atoms with E-state index in [1.54, 1.807) is 6.92 Å². The highest BCUT2D eigenvalue weighted by molar-refractivity contribution is 9.11. The normalized spacial score (nSPS) is 40.7. The van der Waals surface area contributed by atoms with Crippen LogP contribution in [0, 0.1) is 23.2 Å².